The van der Waals surface area contributed by atoms with E-state index in [9.17, 15) is 18.3 Å². The van der Waals surface area contributed by atoms with Gasteiger partial charge in [0.25, 0.3) is 0 Å². The summed E-state index contributed by atoms with van der Waals surface area (Å²) < 4.78 is 44.9. The van der Waals surface area contributed by atoms with Crippen LogP contribution in [0.2, 0.25) is 0 Å². The van der Waals surface area contributed by atoms with Crippen LogP contribution in [0.25, 0.3) is 17.2 Å². The van der Waals surface area contributed by atoms with Gasteiger partial charge >= 0.3 is 6.18 Å². The zero-order valence-electron chi connectivity index (χ0n) is 18.7. The normalized spacial score (nSPS) is 34.3. The molecule has 1 aliphatic heterocycles. The number of fused-ring (bicyclic) bond motifs is 2. The van der Waals surface area contributed by atoms with Crippen molar-refractivity contribution >= 4 is 6.08 Å². The Balaban J connectivity index is 1.37. The summed E-state index contributed by atoms with van der Waals surface area (Å²) in [7, 11) is 0. The van der Waals surface area contributed by atoms with Crippen LogP contribution in [0, 0.1) is 29.6 Å². The van der Waals surface area contributed by atoms with Gasteiger partial charge in [-0.1, -0.05) is 43.5 Å². The van der Waals surface area contributed by atoms with Gasteiger partial charge in [-0.15, -0.1) is 0 Å². The topological polar surface area (TPSA) is 42.4 Å². The van der Waals surface area contributed by atoms with Crippen molar-refractivity contribution in [3.8, 4) is 11.1 Å². The number of hydrogen-bond acceptors (Lipinski definition) is 3. The largest absolute Gasteiger partial charge is 0.416 e. The third kappa shape index (κ3) is 4.47. The van der Waals surface area contributed by atoms with Crippen molar-refractivity contribution in [2.75, 3.05) is 0 Å². The zero-order valence-corrected chi connectivity index (χ0v) is 18.7. The summed E-state index contributed by atoms with van der Waals surface area (Å²) in [6.45, 7) is 2.07. The van der Waals surface area contributed by atoms with Gasteiger partial charge in [-0.3, -0.25) is 4.98 Å². The molecule has 3 aliphatic rings. The van der Waals surface area contributed by atoms with Crippen molar-refractivity contribution in [1.29, 1.82) is 0 Å². The highest BCUT2D eigenvalue weighted by atomic mass is 19.4. The number of benzene rings is 1. The van der Waals surface area contributed by atoms with Crippen LogP contribution < -0.4 is 0 Å². The van der Waals surface area contributed by atoms with E-state index in [1.54, 1.807) is 12.3 Å². The van der Waals surface area contributed by atoms with Gasteiger partial charge in [0.1, 0.15) is 0 Å². The van der Waals surface area contributed by atoms with Gasteiger partial charge in [-0.2, -0.15) is 13.2 Å². The molecule has 33 heavy (non-hydrogen) atoms. The van der Waals surface area contributed by atoms with Gasteiger partial charge in [0.05, 0.1) is 17.4 Å². The average Bonchev–Trinajstić information content (AvgIpc) is 3.09. The van der Waals surface area contributed by atoms with E-state index in [0.29, 0.717) is 34.8 Å². The van der Waals surface area contributed by atoms with E-state index < -0.39 is 18.0 Å². The van der Waals surface area contributed by atoms with Gasteiger partial charge in [0, 0.05) is 17.7 Å². The van der Waals surface area contributed by atoms with Crippen LogP contribution in [-0.4, -0.2) is 22.5 Å². The quantitative estimate of drug-likeness (QED) is 0.566. The Morgan fingerprint density at radius 3 is 2.64 bits per heavy atom. The molecule has 2 aromatic rings. The Morgan fingerprint density at radius 2 is 1.88 bits per heavy atom. The maximum Gasteiger partial charge on any atom is 0.416 e. The molecule has 2 aliphatic carbocycles. The minimum Gasteiger partial charge on any atom is -0.368 e. The fourth-order valence-electron chi connectivity index (χ4n) is 6.52. The lowest BCUT2D eigenvalue weighted by molar-refractivity contribution is -0.137. The maximum atomic E-state index is 13.0. The van der Waals surface area contributed by atoms with E-state index in [-0.39, 0.29) is 12.0 Å². The molecule has 7 atom stereocenters. The Hall–Kier alpha value is -2.18. The number of rotatable bonds is 3. The Morgan fingerprint density at radius 1 is 1.06 bits per heavy atom. The second-order valence-electron chi connectivity index (χ2n) is 9.90. The highest BCUT2D eigenvalue weighted by molar-refractivity contribution is 5.64. The molecule has 1 aromatic carbocycles. The van der Waals surface area contributed by atoms with Crippen LogP contribution in [0.4, 0.5) is 13.2 Å². The maximum absolute atomic E-state index is 13.0. The van der Waals surface area contributed by atoms with Crippen LogP contribution in [-0.2, 0) is 10.9 Å². The number of aromatic nitrogens is 1. The van der Waals surface area contributed by atoms with Gasteiger partial charge in [0.15, 0.2) is 6.29 Å². The minimum atomic E-state index is -4.37. The fourth-order valence-corrected chi connectivity index (χ4v) is 6.52. The molecule has 1 unspecified atom stereocenters. The first-order valence-electron chi connectivity index (χ1n) is 12.0. The molecule has 0 spiro atoms. The van der Waals surface area contributed by atoms with E-state index in [2.05, 4.69) is 18.0 Å². The fraction of sp³-hybridized carbons (Fsp3) is 0.519. The van der Waals surface area contributed by atoms with Crippen molar-refractivity contribution < 1.29 is 23.0 Å². The monoisotopic (exact) mass is 457 g/mol. The van der Waals surface area contributed by atoms with Crippen molar-refractivity contribution in [3.05, 3.63) is 59.9 Å². The summed E-state index contributed by atoms with van der Waals surface area (Å²) in [5.74, 6) is 2.07. The molecule has 2 saturated carbocycles. The summed E-state index contributed by atoms with van der Waals surface area (Å²) in [6, 6.07) is 9.00. The molecule has 1 saturated heterocycles. The van der Waals surface area contributed by atoms with E-state index in [1.807, 2.05) is 18.2 Å². The standard InChI is InChI=1S/C27H30F3NO2/c1-16-25-23(22-8-3-2-5-18(22)14-24(25)26(32)33-16)12-11-21-10-9-19(15-31-21)17-6-4-7-20(13-17)27(28,29)30/h4,6-7,9-13,15-16,18,22-26,32H,2-3,5,8,14H2,1H3/b12-11+/t16-,18+,22-,23+,24-,25+,26?/m1/s1. The van der Waals surface area contributed by atoms with E-state index in [4.69, 9.17) is 4.74 Å². The summed E-state index contributed by atoms with van der Waals surface area (Å²) >= 11 is 0. The Kier molecular flexibility index (Phi) is 6.08. The number of aliphatic hydroxyl groups is 1. The molecular formula is C27H30F3NO2. The Bertz CT molecular complexity index is 1000. The summed E-state index contributed by atoms with van der Waals surface area (Å²) in [5, 5.41) is 10.5. The van der Waals surface area contributed by atoms with Crippen LogP contribution in [0.3, 0.4) is 0 Å². The lowest BCUT2D eigenvalue weighted by atomic mass is 9.57. The Labute approximate surface area is 192 Å². The molecule has 2 heterocycles. The average molecular weight is 458 g/mol. The third-order valence-electron chi connectivity index (χ3n) is 8.04. The summed E-state index contributed by atoms with van der Waals surface area (Å²) in [5.41, 5.74) is 1.28. The molecule has 6 heteroatoms. The number of hydrogen-bond donors (Lipinski definition) is 1. The van der Waals surface area contributed by atoms with Crippen molar-refractivity contribution in [3.63, 3.8) is 0 Å². The van der Waals surface area contributed by atoms with Gasteiger partial charge < -0.3 is 9.84 Å². The molecule has 5 rings (SSSR count). The van der Waals surface area contributed by atoms with Crippen molar-refractivity contribution in [2.45, 2.75) is 57.6 Å². The highest BCUT2D eigenvalue weighted by Gasteiger charge is 2.52. The molecule has 3 nitrogen and oxygen atoms in total. The SMILES string of the molecule is C[C@H]1OC(O)[C@@H]2C[C@@H]3CCCC[C@H]3[C@H](/C=C/c3ccc(-c4cccc(C(F)(F)F)c4)cn3)[C@H]12. The molecule has 176 valence electrons. The first-order valence-corrected chi connectivity index (χ1v) is 12.0. The third-order valence-corrected chi connectivity index (χ3v) is 8.04. The lowest BCUT2D eigenvalue weighted by Crippen LogP contribution is -2.43. The second kappa shape index (κ2) is 8.88. The number of alkyl halides is 3. The van der Waals surface area contributed by atoms with Crippen LogP contribution in [0.15, 0.2) is 48.7 Å². The molecule has 3 fully saturated rings. The van der Waals surface area contributed by atoms with Crippen LogP contribution in [0.5, 0.6) is 0 Å². The number of pyridine rings is 1. The smallest absolute Gasteiger partial charge is 0.368 e. The predicted molar refractivity (Wildman–Crippen MR) is 121 cm³/mol. The highest BCUT2D eigenvalue weighted by Crippen LogP contribution is 2.54. The molecule has 0 amide bonds. The van der Waals surface area contributed by atoms with E-state index >= 15 is 0 Å². The van der Waals surface area contributed by atoms with E-state index in [0.717, 1.165) is 24.2 Å². The van der Waals surface area contributed by atoms with Crippen LogP contribution in [0.1, 0.15) is 50.3 Å². The first-order chi connectivity index (χ1) is 15.8. The van der Waals surface area contributed by atoms with Gasteiger partial charge in [-0.05, 0) is 73.3 Å². The minimum absolute atomic E-state index is 0.0266. The molecular weight excluding hydrogens is 427 g/mol. The van der Waals surface area contributed by atoms with E-state index in [1.165, 1.54) is 31.7 Å². The predicted octanol–water partition coefficient (Wildman–Crippen LogP) is 6.58. The second-order valence-corrected chi connectivity index (χ2v) is 9.90. The van der Waals surface area contributed by atoms with Crippen molar-refractivity contribution in [1.82, 2.24) is 4.98 Å². The van der Waals surface area contributed by atoms with Gasteiger partial charge in [0.2, 0.25) is 0 Å². The molecule has 1 N–H and O–H groups in total. The summed E-state index contributed by atoms with van der Waals surface area (Å²) in [6.07, 6.45) is 6.92. The molecule has 0 bridgehead atoms. The number of halogens is 3. The van der Waals surface area contributed by atoms with Crippen molar-refractivity contribution in [2.24, 2.45) is 29.6 Å². The number of ether oxygens (including phenoxy) is 1. The number of allylic oxidation sites excluding steroid dienone is 1. The van der Waals surface area contributed by atoms with Crippen LogP contribution >= 0.6 is 0 Å². The number of aliphatic hydroxyl groups excluding tert-OH is 1. The lowest BCUT2D eigenvalue weighted by Gasteiger charge is -2.47. The van der Waals surface area contributed by atoms with Gasteiger partial charge in [-0.25, -0.2) is 0 Å². The first kappa shape index (κ1) is 22.6. The molecule has 1 aromatic heterocycles. The number of nitrogens with zero attached hydrogens (tertiary/aromatic N) is 1. The summed E-state index contributed by atoms with van der Waals surface area (Å²) in [4.78, 5) is 4.51. The molecule has 0 radical (unpaired) electrons. The zero-order chi connectivity index (χ0) is 23.2.